The maximum absolute atomic E-state index is 12.0. The minimum atomic E-state index is 0.111. The molecule has 22 heavy (non-hydrogen) atoms. The number of nitrogens with zero attached hydrogens (tertiary/aromatic N) is 1. The monoisotopic (exact) mass is 322 g/mol. The number of thioether (sulfide) groups is 1. The number of hydrogen-bond acceptors (Lipinski definition) is 4. The first-order valence-electron chi connectivity index (χ1n) is 7.92. The Balaban J connectivity index is 1.62. The maximum atomic E-state index is 12.0. The van der Waals surface area contributed by atoms with E-state index in [4.69, 9.17) is 4.74 Å². The van der Waals surface area contributed by atoms with Gasteiger partial charge in [-0.3, -0.25) is 9.69 Å². The van der Waals surface area contributed by atoms with Crippen molar-refractivity contribution in [3.63, 3.8) is 0 Å². The fourth-order valence-corrected chi connectivity index (χ4v) is 3.08. The topological polar surface area (TPSA) is 41.6 Å². The largest absolute Gasteiger partial charge is 0.379 e. The number of morpholine rings is 1. The Hall–Kier alpha value is -1.04. The number of ether oxygens (including phenoxy) is 1. The molecule has 0 bridgehead atoms. The van der Waals surface area contributed by atoms with E-state index < -0.39 is 0 Å². The SMILES string of the molecule is Cc1ccc(SCC(=O)N[C@H](C)CCN2CCOCC2)cc1. The summed E-state index contributed by atoms with van der Waals surface area (Å²) >= 11 is 1.59. The molecule has 0 saturated carbocycles. The van der Waals surface area contributed by atoms with E-state index in [1.165, 1.54) is 5.56 Å². The number of amides is 1. The fourth-order valence-electron chi connectivity index (χ4n) is 2.37. The predicted octanol–water partition coefficient (Wildman–Crippen LogP) is 2.31. The van der Waals surface area contributed by atoms with Crippen molar-refractivity contribution in [2.75, 3.05) is 38.6 Å². The van der Waals surface area contributed by atoms with Gasteiger partial charge in [0, 0.05) is 30.6 Å². The molecule has 1 aliphatic rings. The van der Waals surface area contributed by atoms with Gasteiger partial charge in [-0.1, -0.05) is 17.7 Å². The molecular weight excluding hydrogens is 296 g/mol. The van der Waals surface area contributed by atoms with E-state index in [-0.39, 0.29) is 11.9 Å². The highest BCUT2D eigenvalue weighted by atomic mass is 32.2. The van der Waals surface area contributed by atoms with Crippen LogP contribution in [0.3, 0.4) is 0 Å². The van der Waals surface area contributed by atoms with Crippen LogP contribution in [-0.4, -0.2) is 55.4 Å². The molecule has 122 valence electrons. The van der Waals surface area contributed by atoms with Crippen LogP contribution in [-0.2, 0) is 9.53 Å². The van der Waals surface area contributed by atoms with E-state index in [2.05, 4.69) is 48.3 Å². The summed E-state index contributed by atoms with van der Waals surface area (Å²) in [5.41, 5.74) is 1.24. The molecule has 1 aromatic carbocycles. The van der Waals surface area contributed by atoms with E-state index in [1.54, 1.807) is 11.8 Å². The van der Waals surface area contributed by atoms with Crippen LogP contribution in [0.25, 0.3) is 0 Å². The van der Waals surface area contributed by atoms with Crippen LogP contribution in [0.5, 0.6) is 0 Å². The van der Waals surface area contributed by atoms with Crippen molar-refractivity contribution in [1.29, 1.82) is 0 Å². The lowest BCUT2D eigenvalue weighted by molar-refractivity contribution is -0.119. The van der Waals surface area contributed by atoms with Gasteiger partial charge in [0.1, 0.15) is 0 Å². The standard InChI is InChI=1S/C17H26N2O2S/c1-14-3-5-16(6-4-14)22-13-17(20)18-15(2)7-8-19-9-11-21-12-10-19/h3-6,15H,7-13H2,1-2H3,(H,18,20)/t15-/m1/s1. The Kier molecular flexibility index (Phi) is 7.22. The van der Waals surface area contributed by atoms with Crippen molar-refractivity contribution in [3.8, 4) is 0 Å². The van der Waals surface area contributed by atoms with Crippen molar-refractivity contribution in [1.82, 2.24) is 10.2 Å². The summed E-state index contributed by atoms with van der Waals surface area (Å²) in [5, 5.41) is 3.08. The Bertz CT molecular complexity index is 458. The van der Waals surface area contributed by atoms with Crippen LogP contribution in [0.15, 0.2) is 29.2 Å². The minimum absolute atomic E-state index is 0.111. The van der Waals surface area contributed by atoms with E-state index in [0.717, 1.165) is 44.2 Å². The number of carbonyl (C=O) groups excluding carboxylic acids is 1. The van der Waals surface area contributed by atoms with Crippen LogP contribution in [0.2, 0.25) is 0 Å². The molecule has 1 aromatic rings. The summed E-state index contributed by atoms with van der Waals surface area (Å²) in [6.07, 6.45) is 0.987. The van der Waals surface area contributed by atoms with Gasteiger partial charge in [-0.15, -0.1) is 11.8 Å². The first-order valence-corrected chi connectivity index (χ1v) is 8.91. The Morgan fingerprint density at radius 1 is 1.32 bits per heavy atom. The number of hydrogen-bond donors (Lipinski definition) is 1. The van der Waals surface area contributed by atoms with Crippen LogP contribution >= 0.6 is 11.8 Å². The Morgan fingerprint density at radius 3 is 2.68 bits per heavy atom. The van der Waals surface area contributed by atoms with Crippen molar-refractivity contribution in [2.24, 2.45) is 0 Å². The van der Waals surface area contributed by atoms with Gasteiger partial charge in [0.25, 0.3) is 0 Å². The molecule has 1 N–H and O–H groups in total. The molecular formula is C17H26N2O2S. The second-order valence-corrected chi connectivity index (χ2v) is 6.86. The average Bonchev–Trinajstić information content (AvgIpc) is 2.53. The molecule has 1 fully saturated rings. The van der Waals surface area contributed by atoms with Gasteiger partial charge in [0.2, 0.25) is 5.91 Å². The van der Waals surface area contributed by atoms with Crippen LogP contribution < -0.4 is 5.32 Å². The highest BCUT2D eigenvalue weighted by molar-refractivity contribution is 8.00. The number of nitrogens with one attached hydrogen (secondary N) is 1. The third-order valence-electron chi connectivity index (χ3n) is 3.78. The van der Waals surface area contributed by atoms with Crippen molar-refractivity contribution >= 4 is 17.7 Å². The summed E-state index contributed by atoms with van der Waals surface area (Å²) in [6, 6.07) is 8.50. The highest BCUT2D eigenvalue weighted by Crippen LogP contribution is 2.17. The number of rotatable bonds is 7. The molecule has 2 rings (SSSR count). The van der Waals surface area contributed by atoms with E-state index >= 15 is 0 Å². The molecule has 1 amide bonds. The molecule has 4 nitrogen and oxygen atoms in total. The molecule has 1 heterocycles. The quantitative estimate of drug-likeness (QED) is 0.782. The van der Waals surface area contributed by atoms with Gasteiger partial charge in [-0.25, -0.2) is 0 Å². The maximum Gasteiger partial charge on any atom is 0.230 e. The zero-order valence-corrected chi connectivity index (χ0v) is 14.3. The third kappa shape index (κ3) is 6.38. The Labute approximate surface area is 137 Å². The van der Waals surface area contributed by atoms with Crippen molar-refractivity contribution < 1.29 is 9.53 Å². The van der Waals surface area contributed by atoms with Crippen LogP contribution in [0, 0.1) is 6.92 Å². The molecule has 0 aliphatic carbocycles. The zero-order valence-electron chi connectivity index (χ0n) is 13.5. The van der Waals surface area contributed by atoms with Gasteiger partial charge in [-0.2, -0.15) is 0 Å². The summed E-state index contributed by atoms with van der Waals surface area (Å²) in [5.74, 6) is 0.588. The van der Waals surface area contributed by atoms with Crippen LogP contribution in [0.1, 0.15) is 18.9 Å². The summed E-state index contributed by atoms with van der Waals surface area (Å²) < 4.78 is 5.34. The van der Waals surface area contributed by atoms with Gasteiger partial charge < -0.3 is 10.1 Å². The van der Waals surface area contributed by atoms with Crippen molar-refractivity contribution in [3.05, 3.63) is 29.8 Å². The molecule has 1 saturated heterocycles. The lowest BCUT2D eigenvalue weighted by Gasteiger charge is -2.27. The summed E-state index contributed by atoms with van der Waals surface area (Å²) in [7, 11) is 0. The Morgan fingerprint density at radius 2 is 2.00 bits per heavy atom. The second kappa shape index (κ2) is 9.18. The lowest BCUT2D eigenvalue weighted by Crippen LogP contribution is -2.40. The second-order valence-electron chi connectivity index (χ2n) is 5.81. The smallest absolute Gasteiger partial charge is 0.230 e. The average molecular weight is 322 g/mol. The summed E-state index contributed by atoms with van der Waals surface area (Å²) in [6.45, 7) is 8.83. The normalized spacial score (nSPS) is 17.2. The molecule has 1 aliphatic heterocycles. The molecule has 0 aromatic heterocycles. The minimum Gasteiger partial charge on any atom is -0.379 e. The van der Waals surface area contributed by atoms with E-state index in [0.29, 0.717) is 5.75 Å². The number of benzene rings is 1. The fraction of sp³-hybridized carbons (Fsp3) is 0.588. The number of carbonyl (C=O) groups is 1. The third-order valence-corrected chi connectivity index (χ3v) is 4.79. The lowest BCUT2D eigenvalue weighted by atomic mass is 10.2. The van der Waals surface area contributed by atoms with Gasteiger partial charge in [0.05, 0.1) is 19.0 Å². The van der Waals surface area contributed by atoms with Crippen molar-refractivity contribution in [2.45, 2.75) is 31.2 Å². The van der Waals surface area contributed by atoms with Gasteiger partial charge in [-0.05, 0) is 32.4 Å². The molecule has 5 heteroatoms. The van der Waals surface area contributed by atoms with Gasteiger partial charge in [0.15, 0.2) is 0 Å². The first kappa shape index (κ1) is 17.3. The molecule has 1 atom stereocenters. The van der Waals surface area contributed by atoms with Crippen LogP contribution in [0.4, 0.5) is 0 Å². The summed E-state index contributed by atoms with van der Waals surface area (Å²) in [4.78, 5) is 15.5. The zero-order chi connectivity index (χ0) is 15.8. The first-order chi connectivity index (χ1) is 10.6. The predicted molar refractivity (Wildman–Crippen MR) is 91.4 cm³/mol. The molecule has 0 radical (unpaired) electrons. The molecule has 0 spiro atoms. The van der Waals surface area contributed by atoms with Gasteiger partial charge >= 0.3 is 0 Å². The molecule has 0 unspecified atom stereocenters. The van der Waals surface area contributed by atoms with E-state index in [9.17, 15) is 4.79 Å². The number of aryl methyl sites for hydroxylation is 1. The highest BCUT2D eigenvalue weighted by Gasteiger charge is 2.13. The van der Waals surface area contributed by atoms with E-state index in [1.807, 2.05) is 0 Å².